The molecule has 3 nitrogen and oxygen atoms in total. The van der Waals surface area contributed by atoms with Gasteiger partial charge in [0.1, 0.15) is 0 Å². The van der Waals surface area contributed by atoms with Crippen LogP contribution in [-0.4, -0.2) is 56.9 Å². The number of carbonyl (C=O) groups is 1. The molecular weight excluding hydrogens is 170 g/mol. The van der Waals surface area contributed by atoms with Crippen molar-refractivity contribution in [1.82, 2.24) is 0 Å². The fourth-order valence-electron chi connectivity index (χ4n) is 0.652. The molecule has 1 atom stereocenters. The summed E-state index contributed by atoms with van der Waals surface area (Å²) in [5.41, 5.74) is 5.26. The molecule has 0 aromatic heterocycles. The summed E-state index contributed by atoms with van der Waals surface area (Å²) in [5.74, 6) is -0.196. The van der Waals surface area contributed by atoms with Gasteiger partial charge in [0.2, 0.25) is 0 Å². The number of carbonyl (C=O) groups excluding carboxylic acids is 1. The molecule has 0 bridgehead atoms. The Morgan fingerprint density at radius 3 is 2.64 bits per heavy atom. The molecule has 0 radical (unpaired) electrons. The van der Waals surface area contributed by atoms with Gasteiger partial charge < -0.3 is 13.3 Å². The minimum Gasteiger partial charge on any atom is -1.00 e. The molecule has 11 heavy (non-hydrogen) atoms. The normalized spacial score (nSPS) is 11.5. The fourth-order valence-corrected chi connectivity index (χ4v) is 0.652. The van der Waals surface area contributed by atoms with Crippen molar-refractivity contribution >= 4 is 43.7 Å². The van der Waals surface area contributed by atoms with Crippen molar-refractivity contribution in [2.45, 2.75) is 20.3 Å². The van der Waals surface area contributed by atoms with E-state index < -0.39 is 0 Å². The monoisotopic (exact) mass is 187 g/mol. The molecule has 0 aliphatic rings. The first-order valence-corrected chi connectivity index (χ1v) is 3.59. The average Bonchev–Trinajstić information content (AvgIpc) is 1.89. The third-order valence-corrected chi connectivity index (χ3v) is 1.29. The Labute approximate surface area is 101 Å². The summed E-state index contributed by atoms with van der Waals surface area (Å²) in [6.07, 6.45) is 0.707. The van der Waals surface area contributed by atoms with Crippen molar-refractivity contribution in [3.8, 4) is 0 Å². The van der Waals surface area contributed by atoms with E-state index in [2.05, 4.69) is 0 Å². The minimum atomic E-state index is -0.145. The van der Waals surface area contributed by atoms with Crippen molar-refractivity contribution < 1.29 is 12.4 Å². The zero-order valence-electron chi connectivity index (χ0n) is 9.30. The standard InChI is InChI=1S/C7H15NO2.Ca.2H/c1-3-10-7(9)6(2)4-5-8;;;/h6H,3-5,8H2,1-2H3;;;/q;+2;2*-1/t6-;;;/m1.../s1. The molecule has 0 aromatic carbocycles. The van der Waals surface area contributed by atoms with E-state index in [1.54, 1.807) is 6.92 Å². The molecule has 4 heteroatoms. The fraction of sp³-hybridized carbons (Fsp3) is 0.857. The molecule has 0 aliphatic carbocycles. The molecule has 0 unspecified atom stereocenters. The van der Waals surface area contributed by atoms with Gasteiger partial charge in [-0.1, -0.05) is 6.92 Å². The van der Waals surface area contributed by atoms with Crippen molar-refractivity contribution in [1.29, 1.82) is 0 Å². The molecule has 0 saturated carbocycles. The third-order valence-electron chi connectivity index (χ3n) is 1.29. The van der Waals surface area contributed by atoms with Crippen LogP contribution in [0.4, 0.5) is 0 Å². The van der Waals surface area contributed by atoms with E-state index in [4.69, 9.17) is 10.5 Å². The molecule has 0 spiro atoms. The van der Waals surface area contributed by atoms with Crippen LogP contribution < -0.4 is 5.73 Å². The van der Waals surface area contributed by atoms with Crippen LogP contribution in [0.15, 0.2) is 0 Å². The zero-order valence-corrected chi connectivity index (χ0v) is 9.51. The molecule has 0 saturated heterocycles. The van der Waals surface area contributed by atoms with Crippen LogP contribution in [-0.2, 0) is 9.53 Å². The van der Waals surface area contributed by atoms with Crippen molar-refractivity contribution in [3.63, 3.8) is 0 Å². The minimum absolute atomic E-state index is 0. The van der Waals surface area contributed by atoms with Gasteiger partial charge in [-0.05, 0) is 19.9 Å². The topological polar surface area (TPSA) is 52.3 Å². The van der Waals surface area contributed by atoms with Crippen molar-refractivity contribution in [2.75, 3.05) is 13.2 Å². The van der Waals surface area contributed by atoms with Gasteiger partial charge in [0.25, 0.3) is 0 Å². The Morgan fingerprint density at radius 2 is 2.27 bits per heavy atom. The summed E-state index contributed by atoms with van der Waals surface area (Å²) in [7, 11) is 0. The zero-order chi connectivity index (χ0) is 7.98. The quantitative estimate of drug-likeness (QED) is 0.511. The van der Waals surface area contributed by atoms with Gasteiger partial charge in [-0.25, -0.2) is 0 Å². The Balaban J connectivity index is -0.000000135. The summed E-state index contributed by atoms with van der Waals surface area (Å²) < 4.78 is 4.76. The van der Waals surface area contributed by atoms with Crippen LogP contribution in [0.2, 0.25) is 0 Å². The van der Waals surface area contributed by atoms with Crippen LogP contribution in [0.3, 0.4) is 0 Å². The second-order valence-corrected chi connectivity index (χ2v) is 2.23. The maximum Gasteiger partial charge on any atom is 2.00 e. The SMILES string of the molecule is CCOC(=O)[C@H](C)CCN.[Ca+2].[H-].[H-]. The second-order valence-electron chi connectivity index (χ2n) is 2.23. The van der Waals surface area contributed by atoms with Crippen LogP contribution in [0.5, 0.6) is 0 Å². The van der Waals surface area contributed by atoms with Gasteiger partial charge in [-0.3, -0.25) is 4.79 Å². The smallest absolute Gasteiger partial charge is 1.00 e. The van der Waals surface area contributed by atoms with Gasteiger partial charge in [-0.2, -0.15) is 0 Å². The van der Waals surface area contributed by atoms with Crippen molar-refractivity contribution in [2.24, 2.45) is 11.7 Å². The predicted molar refractivity (Wildman–Crippen MR) is 47.4 cm³/mol. The number of hydrogen-bond donors (Lipinski definition) is 1. The van der Waals surface area contributed by atoms with Crippen LogP contribution >= 0.6 is 0 Å². The largest absolute Gasteiger partial charge is 2.00 e. The molecule has 0 aromatic rings. The van der Waals surface area contributed by atoms with E-state index in [1.807, 2.05) is 6.92 Å². The van der Waals surface area contributed by atoms with E-state index in [1.165, 1.54) is 0 Å². The number of esters is 1. The Kier molecular flexibility index (Phi) is 11.4. The molecule has 0 heterocycles. The summed E-state index contributed by atoms with van der Waals surface area (Å²) in [4.78, 5) is 10.9. The molecule has 0 amide bonds. The van der Waals surface area contributed by atoms with Crippen molar-refractivity contribution in [3.05, 3.63) is 0 Å². The van der Waals surface area contributed by atoms with E-state index in [9.17, 15) is 4.79 Å². The molecule has 2 N–H and O–H groups in total. The Bertz CT molecular complexity index is 117. The van der Waals surface area contributed by atoms with Crippen LogP contribution in [0, 0.1) is 5.92 Å². The first-order chi connectivity index (χ1) is 4.72. The van der Waals surface area contributed by atoms with E-state index in [0.717, 1.165) is 0 Å². The summed E-state index contributed by atoms with van der Waals surface area (Å²) in [6, 6.07) is 0. The van der Waals surface area contributed by atoms with Gasteiger partial charge >= 0.3 is 43.7 Å². The van der Waals surface area contributed by atoms with Gasteiger partial charge in [-0.15, -0.1) is 0 Å². The molecular formula is C7H17CaNO2. The van der Waals surface area contributed by atoms with Crippen LogP contribution in [0.1, 0.15) is 23.1 Å². The van der Waals surface area contributed by atoms with E-state index in [-0.39, 0.29) is 52.5 Å². The molecule has 0 fully saturated rings. The van der Waals surface area contributed by atoms with Crippen LogP contribution in [0.25, 0.3) is 0 Å². The maximum absolute atomic E-state index is 10.9. The number of rotatable bonds is 4. The first-order valence-electron chi connectivity index (χ1n) is 3.59. The summed E-state index contributed by atoms with van der Waals surface area (Å²) in [5, 5.41) is 0. The number of hydrogen-bond acceptors (Lipinski definition) is 3. The van der Waals surface area contributed by atoms with E-state index >= 15 is 0 Å². The summed E-state index contributed by atoms with van der Waals surface area (Å²) in [6.45, 7) is 4.62. The molecule has 0 rings (SSSR count). The average molecular weight is 187 g/mol. The molecule has 64 valence electrons. The first kappa shape index (κ1) is 14.2. The van der Waals surface area contributed by atoms with E-state index in [0.29, 0.717) is 19.6 Å². The Hall–Kier alpha value is 0.690. The summed E-state index contributed by atoms with van der Waals surface area (Å²) >= 11 is 0. The maximum atomic E-state index is 10.9. The molecule has 0 aliphatic heterocycles. The van der Waals surface area contributed by atoms with Gasteiger partial charge in [0, 0.05) is 0 Å². The number of nitrogens with two attached hydrogens (primary N) is 1. The van der Waals surface area contributed by atoms with Gasteiger partial charge in [0.05, 0.1) is 12.5 Å². The number of ether oxygens (including phenoxy) is 1. The Morgan fingerprint density at radius 1 is 1.73 bits per heavy atom. The second kappa shape index (κ2) is 8.78. The van der Waals surface area contributed by atoms with Gasteiger partial charge in [0.15, 0.2) is 0 Å². The third kappa shape index (κ3) is 7.06. The predicted octanol–water partition coefficient (Wildman–Crippen LogP) is 0.379.